The van der Waals surface area contributed by atoms with Gasteiger partial charge in [0, 0.05) is 18.0 Å². The summed E-state index contributed by atoms with van der Waals surface area (Å²) in [6.45, 7) is 3.06. The fraction of sp³-hybridized carbons (Fsp3) is 0.276. The molecule has 0 bridgehead atoms. The zero-order chi connectivity index (χ0) is 25.9. The first-order chi connectivity index (χ1) is 18.0. The Morgan fingerprint density at radius 1 is 0.919 bits per heavy atom. The third-order valence-electron chi connectivity index (χ3n) is 6.89. The summed E-state index contributed by atoms with van der Waals surface area (Å²) in [5, 5.41) is 10.1. The van der Waals surface area contributed by atoms with Gasteiger partial charge in [-0.3, -0.25) is 0 Å². The van der Waals surface area contributed by atoms with E-state index in [4.69, 9.17) is 38.4 Å². The van der Waals surface area contributed by atoms with E-state index in [1.54, 1.807) is 10.9 Å². The number of hydrogen-bond acceptors (Lipinski definition) is 5. The molecule has 3 aromatic carbocycles. The number of imidazole rings is 1. The summed E-state index contributed by atoms with van der Waals surface area (Å²) >= 11 is 12.5. The molecule has 4 aromatic rings. The van der Waals surface area contributed by atoms with Crippen molar-refractivity contribution in [3.05, 3.63) is 112 Å². The molecule has 6 nitrogen and oxygen atoms in total. The van der Waals surface area contributed by atoms with Crippen LogP contribution in [0.3, 0.4) is 0 Å². The zero-order valence-electron chi connectivity index (χ0n) is 20.4. The number of benzene rings is 3. The fourth-order valence-corrected chi connectivity index (χ4v) is 5.05. The van der Waals surface area contributed by atoms with Gasteiger partial charge in [0.2, 0.25) is 0 Å². The van der Waals surface area contributed by atoms with Crippen LogP contribution in [0.4, 0.5) is 0 Å². The fourth-order valence-electron chi connectivity index (χ4n) is 4.73. The minimum atomic E-state index is -0.598. The lowest BCUT2D eigenvalue weighted by atomic mass is 9.90. The molecule has 1 fully saturated rings. The first-order valence-electron chi connectivity index (χ1n) is 12.2. The molecule has 0 saturated carbocycles. The minimum absolute atomic E-state index is 0.00196. The number of rotatable bonds is 7. The van der Waals surface area contributed by atoms with Crippen LogP contribution in [-0.4, -0.2) is 20.8 Å². The van der Waals surface area contributed by atoms with Gasteiger partial charge in [0.25, 0.3) is 0 Å². The molecule has 0 unspecified atom stereocenters. The normalized spacial score (nSPS) is 21.8. The number of aliphatic hydroxyl groups is 1. The average Bonchev–Trinajstić information content (AvgIpc) is 3.26. The van der Waals surface area contributed by atoms with Crippen molar-refractivity contribution in [1.82, 2.24) is 9.55 Å². The van der Waals surface area contributed by atoms with Crippen molar-refractivity contribution >= 4 is 23.2 Å². The first-order valence-corrected chi connectivity index (χ1v) is 13.0. The number of aromatic nitrogens is 2. The Morgan fingerprint density at radius 3 is 2.32 bits per heavy atom. The van der Waals surface area contributed by atoms with Gasteiger partial charge in [0.15, 0.2) is 11.4 Å². The Bertz CT molecular complexity index is 1360. The maximum absolute atomic E-state index is 9.48. The summed E-state index contributed by atoms with van der Waals surface area (Å²) in [4.78, 5) is 4.12. The SMILES string of the molecule is C[C@H]1[C@@H](Cn2cnc(Cl)c2Cl)O[C@@H](c2cccc(-c3cccc(CN)c3)c2)O[C@H]1c1ccc(CO)cc1. The number of halogens is 2. The van der Waals surface area contributed by atoms with Crippen LogP contribution in [-0.2, 0) is 29.2 Å². The number of nitrogens with zero attached hydrogens (tertiary/aromatic N) is 2. The Morgan fingerprint density at radius 2 is 1.65 bits per heavy atom. The van der Waals surface area contributed by atoms with Gasteiger partial charge in [-0.05, 0) is 39.9 Å². The molecule has 1 aliphatic rings. The van der Waals surface area contributed by atoms with Crippen LogP contribution >= 0.6 is 23.2 Å². The van der Waals surface area contributed by atoms with Crippen molar-refractivity contribution in [2.45, 2.75) is 45.1 Å². The molecule has 3 N–H and O–H groups in total. The molecule has 0 spiro atoms. The van der Waals surface area contributed by atoms with Gasteiger partial charge in [0.1, 0.15) is 5.15 Å². The molecule has 0 aliphatic carbocycles. The summed E-state index contributed by atoms with van der Waals surface area (Å²) < 4.78 is 14.9. The lowest BCUT2D eigenvalue weighted by Crippen LogP contribution is -2.39. The molecule has 1 aromatic heterocycles. The van der Waals surface area contributed by atoms with Gasteiger partial charge in [-0.25, -0.2) is 4.98 Å². The second-order valence-corrected chi connectivity index (χ2v) is 10.0. The average molecular weight is 538 g/mol. The van der Waals surface area contributed by atoms with Gasteiger partial charge in [-0.1, -0.05) is 90.8 Å². The van der Waals surface area contributed by atoms with Crippen molar-refractivity contribution in [1.29, 1.82) is 0 Å². The second-order valence-electron chi connectivity index (χ2n) is 9.33. The van der Waals surface area contributed by atoms with Crippen LogP contribution in [0.1, 0.15) is 41.6 Å². The zero-order valence-corrected chi connectivity index (χ0v) is 21.9. The van der Waals surface area contributed by atoms with Gasteiger partial charge >= 0.3 is 0 Å². The van der Waals surface area contributed by atoms with Crippen molar-refractivity contribution in [2.75, 3.05) is 0 Å². The molecule has 192 valence electrons. The molecule has 0 amide bonds. The molecule has 0 radical (unpaired) electrons. The second kappa shape index (κ2) is 11.4. The van der Waals surface area contributed by atoms with E-state index < -0.39 is 6.29 Å². The Balaban J connectivity index is 1.48. The van der Waals surface area contributed by atoms with Gasteiger partial charge < -0.3 is 24.9 Å². The van der Waals surface area contributed by atoms with Crippen molar-refractivity contribution in [3.63, 3.8) is 0 Å². The Kier molecular flexibility index (Phi) is 7.95. The smallest absolute Gasteiger partial charge is 0.185 e. The van der Waals surface area contributed by atoms with E-state index in [1.807, 2.05) is 48.5 Å². The predicted molar refractivity (Wildman–Crippen MR) is 145 cm³/mol. The molecular weight excluding hydrogens is 509 g/mol. The summed E-state index contributed by atoms with van der Waals surface area (Å²) in [7, 11) is 0. The maximum atomic E-state index is 9.48. The Labute approximate surface area is 226 Å². The minimum Gasteiger partial charge on any atom is -0.392 e. The van der Waals surface area contributed by atoms with Crippen LogP contribution in [0.2, 0.25) is 10.3 Å². The molecule has 4 atom stereocenters. The van der Waals surface area contributed by atoms with E-state index in [1.165, 1.54) is 0 Å². The Hall–Kier alpha value is -2.71. The van der Waals surface area contributed by atoms with Gasteiger partial charge in [-0.2, -0.15) is 0 Å². The number of ether oxygens (including phenoxy) is 2. The van der Waals surface area contributed by atoms with Crippen molar-refractivity contribution in [2.24, 2.45) is 11.7 Å². The standard InChI is InChI=1S/C29H29Cl2N3O3/c1-18-25(15-34-17-33-27(30)28(34)31)36-29(37-26(18)21-10-8-19(16-35)9-11-21)24-7-3-6-23(13-24)22-5-2-4-20(12-22)14-32/h2-13,17-18,25-26,29,35H,14-16,32H2,1H3/t18-,25+,26+,29+/m0/s1. The van der Waals surface area contributed by atoms with E-state index in [9.17, 15) is 5.11 Å². The third-order valence-corrected chi connectivity index (χ3v) is 7.66. The van der Waals surface area contributed by atoms with E-state index in [0.717, 1.165) is 33.4 Å². The summed E-state index contributed by atoms with van der Waals surface area (Å²) in [6, 6.07) is 24.2. The summed E-state index contributed by atoms with van der Waals surface area (Å²) in [6.07, 6.45) is 0.562. The molecule has 2 heterocycles. The molecular formula is C29H29Cl2N3O3. The van der Waals surface area contributed by atoms with Crippen molar-refractivity contribution < 1.29 is 14.6 Å². The highest BCUT2D eigenvalue weighted by Crippen LogP contribution is 2.43. The first kappa shape index (κ1) is 25.9. The summed E-state index contributed by atoms with van der Waals surface area (Å²) in [5.74, 6) is -0.00196. The number of hydrogen-bond donors (Lipinski definition) is 2. The molecule has 37 heavy (non-hydrogen) atoms. The monoisotopic (exact) mass is 537 g/mol. The molecule has 5 rings (SSSR count). The van der Waals surface area contributed by atoms with Crippen LogP contribution in [0, 0.1) is 5.92 Å². The number of aliphatic hydroxyl groups excluding tert-OH is 1. The quantitative estimate of drug-likeness (QED) is 0.289. The highest BCUT2D eigenvalue weighted by molar-refractivity contribution is 6.40. The van der Waals surface area contributed by atoms with Crippen LogP contribution in [0.5, 0.6) is 0 Å². The highest BCUT2D eigenvalue weighted by atomic mass is 35.5. The van der Waals surface area contributed by atoms with E-state index in [2.05, 4.69) is 36.2 Å². The molecule has 8 heteroatoms. The van der Waals surface area contributed by atoms with Gasteiger partial charge in [-0.15, -0.1) is 0 Å². The molecule has 1 aliphatic heterocycles. The van der Waals surface area contributed by atoms with Crippen LogP contribution in [0.25, 0.3) is 11.1 Å². The topological polar surface area (TPSA) is 82.5 Å². The van der Waals surface area contributed by atoms with E-state index in [0.29, 0.717) is 18.2 Å². The van der Waals surface area contributed by atoms with Crippen molar-refractivity contribution in [3.8, 4) is 11.1 Å². The number of nitrogens with two attached hydrogens (primary N) is 1. The maximum Gasteiger partial charge on any atom is 0.185 e. The lowest BCUT2D eigenvalue weighted by Gasteiger charge is -2.41. The highest BCUT2D eigenvalue weighted by Gasteiger charge is 2.39. The van der Waals surface area contributed by atoms with Gasteiger partial charge in [0.05, 0.1) is 31.7 Å². The van der Waals surface area contributed by atoms with E-state index >= 15 is 0 Å². The summed E-state index contributed by atoms with van der Waals surface area (Å²) in [5.41, 5.74) is 11.9. The molecule has 1 saturated heterocycles. The van der Waals surface area contributed by atoms with Crippen LogP contribution in [0.15, 0.2) is 79.1 Å². The lowest BCUT2D eigenvalue weighted by molar-refractivity contribution is -0.276. The third kappa shape index (κ3) is 5.60. The van der Waals surface area contributed by atoms with E-state index in [-0.39, 0.29) is 29.9 Å². The van der Waals surface area contributed by atoms with Crippen LogP contribution < -0.4 is 5.73 Å². The predicted octanol–water partition coefficient (Wildman–Crippen LogP) is 6.30. The largest absolute Gasteiger partial charge is 0.392 e.